The minimum atomic E-state index is 0.160. The van der Waals surface area contributed by atoms with E-state index >= 15 is 0 Å². The molecule has 0 aromatic carbocycles. The first-order valence-corrected chi connectivity index (χ1v) is 6.63. The van der Waals surface area contributed by atoms with Crippen LogP contribution in [0.1, 0.15) is 26.1 Å². The van der Waals surface area contributed by atoms with Crippen molar-refractivity contribution in [1.82, 2.24) is 19.9 Å². The third-order valence-electron chi connectivity index (χ3n) is 4.42. The van der Waals surface area contributed by atoms with Gasteiger partial charge in [0.2, 0.25) is 0 Å². The molecule has 1 unspecified atom stereocenters. The first-order valence-electron chi connectivity index (χ1n) is 6.63. The van der Waals surface area contributed by atoms with E-state index in [1.807, 2.05) is 18.5 Å². The van der Waals surface area contributed by atoms with Gasteiger partial charge >= 0.3 is 0 Å². The van der Waals surface area contributed by atoms with Crippen molar-refractivity contribution in [2.45, 2.75) is 25.7 Å². The topological polar surface area (TPSA) is 42.7 Å². The van der Waals surface area contributed by atoms with Crippen LogP contribution in [0.4, 0.5) is 0 Å². The molecule has 3 heterocycles. The number of hydrogen-bond acceptors (Lipinski definition) is 3. The Morgan fingerprint density at radius 2 is 2.28 bits per heavy atom. The summed E-state index contributed by atoms with van der Waals surface area (Å²) in [6.45, 7) is 6.70. The molecule has 18 heavy (non-hydrogen) atoms. The summed E-state index contributed by atoms with van der Waals surface area (Å²) >= 11 is 0. The second-order valence-electron chi connectivity index (χ2n) is 5.60. The number of aryl methyl sites for hydroxylation is 1. The van der Waals surface area contributed by atoms with E-state index in [0.717, 1.165) is 25.0 Å². The fraction of sp³-hybridized carbons (Fsp3) is 0.571. The zero-order valence-corrected chi connectivity index (χ0v) is 11.3. The number of nitrogens with one attached hydrogen (secondary N) is 1. The molecule has 2 aromatic rings. The van der Waals surface area contributed by atoms with E-state index in [-0.39, 0.29) is 5.41 Å². The molecule has 0 bridgehead atoms. The number of hydrogen-bond donors (Lipinski definition) is 1. The Morgan fingerprint density at radius 3 is 2.89 bits per heavy atom. The van der Waals surface area contributed by atoms with Crippen LogP contribution in [0, 0.1) is 5.92 Å². The van der Waals surface area contributed by atoms with Crippen molar-refractivity contribution >= 4 is 11.0 Å². The summed E-state index contributed by atoms with van der Waals surface area (Å²) in [5.74, 6) is 1.78. The number of fused-ring (bicyclic) bond motifs is 1. The average Bonchev–Trinajstić information content (AvgIpc) is 2.96. The van der Waals surface area contributed by atoms with Crippen molar-refractivity contribution in [3.63, 3.8) is 0 Å². The molecule has 0 amide bonds. The third kappa shape index (κ3) is 1.48. The van der Waals surface area contributed by atoms with Crippen molar-refractivity contribution < 1.29 is 0 Å². The SMILES string of the molecule is CC(C)C1(c2nc3cnccc3n2C)CCNC1. The highest BCUT2D eigenvalue weighted by Crippen LogP contribution is 2.38. The van der Waals surface area contributed by atoms with Crippen LogP contribution in [0.2, 0.25) is 0 Å². The molecule has 4 heteroatoms. The van der Waals surface area contributed by atoms with Crippen LogP contribution in [0.5, 0.6) is 0 Å². The average molecular weight is 244 g/mol. The van der Waals surface area contributed by atoms with Crippen LogP contribution in [-0.2, 0) is 12.5 Å². The van der Waals surface area contributed by atoms with Crippen LogP contribution in [-0.4, -0.2) is 27.6 Å². The lowest BCUT2D eigenvalue weighted by atomic mass is 9.75. The summed E-state index contributed by atoms with van der Waals surface area (Å²) in [5, 5.41) is 3.50. The Bertz CT molecular complexity index is 564. The zero-order chi connectivity index (χ0) is 12.8. The van der Waals surface area contributed by atoms with Gasteiger partial charge in [0.25, 0.3) is 0 Å². The monoisotopic (exact) mass is 244 g/mol. The Labute approximate surface area is 107 Å². The summed E-state index contributed by atoms with van der Waals surface area (Å²) in [5.41, 5.74) is 2.34. The van der Waals surface area contributed by atoms with E-state index in [2.05, 4.69) is 35.8 Å². The second kappa shape index (κ2) is 4.05. The predicted molar refractivity (Wildman–Crippen MR) is 72.5 cm³/mol. The van der Waals surface area contributed by atoms with Gasteiger partial charge in [-0.3, -0.25) is 4.98 Å². The quantitative estimate of drug-likeness (QED) is 0.876. The molecule has 0 radical (unpaired) electrons. The van der Waals surface area contributed by atoms with Gasteiger partial charge in [-0.25, -0.2) is 4.98 Å². The molecule has 0 aliphatic carbocycles. The van der Waals surface area contributed by atoms with E-state index in [1.165, 1.54) is 11.3 Å². The van der Waals surface area contributed by atoms with Gasteiger partial charge in [0.1, 0.15) is 11.3 Å². The number of pyridine rings is 1. The van der Waals surface area contributed by atoms with Gasteiger partial charge in [-0.2, -0.15) is 0 Å². The lowest BCUT2D eigenvalue weighted by Gasteiger charge is -2.32. The van der Waals surface area contributed by atoms with Crippen LogP contribution >= 0.6 is 0 Å². The molecule has 0 spiro atoms. The van der Waals surface area contributed by atoms with Crippen molar-refractivity contribution in [3.8, 4) is 0 Å². The third-order valence-corrected chi connectivity index (χ3v) is 4.42. The number of nitrogens with zero attached hydrogens (tertiary/aromatic N) is 3. The summed E-state index contributed by atoms with van der Waals surface area (Å²) in [7, 11) is 2.12. The first-order chi connectivity index (χ1) is 8.65. The summed E-state index contributed by atoms with van der Waals surface area (Å²) in [6.07, 6.45) is 4.85. The van der Waals surface area contributed by atoms with E-state index in [9.17, 15) is 0 Å². The summed E-state index contributed by atoms with van der Waals surface area (Å²) in [4.78, 5) is 9.02. The van der Waals surface area contributed by atoms with E-state index < -0.39 is 0 Å². The maximum atomic E-state index is 4.85. The van der Waals surface area contributed by atoms with Crippen LogP contribution < -0.4 is 5.32 Å². The van der Waals surface area contributed by atoms with E-state index in [1.54, 1.807) is 0 Å². The fourth-order valence-electron chi connectivity index (χ4n) is 3.15. The zero-order valence-electron chi connectivity index (χ0n) is 11.3. The van der Waals surface area contributed by atoms with E-state index in [4.69, 9.17) is 4.98 Å². The number of rotatable bonds is 2. The molecular weight excluding hydrogens is 224 g/mol. The number of imidazole rings is 1. The van der Waals surface area contributed by atoms with Crippen LogP contribution in [0.15, 0.2) is 18.5 Å². The van der Waals surface area contributed by atoms with Crippen molar-refractivity contribution in [2.75, 3.05) is 13.1 Å². The molecule has 1 atom stereocenters. The molecule has 2 aromatic heterocycles. The second-order valence-corrected chi connectivity index (χ2v) is 5.60. The molecule has 1 fully saturated rings. The lowest BCUT2D eigenvalue weighted by Crippen LogP contribution is -2.37. The Hall–Kier alpha value is -1.42. The smallest absolute Gasteiger partial charge is 0.117 e. The molecule has 1 saturated heterocycles. The minimum Gasteiger partial charge on any atom is -0.331 e. The minimum absolute atomic E-state index is 0.160. The van der Waals surface area contributed by atoms with Gasteiger partial charge < -0.3 is 9.88 Å². The van der Waals surface area contributed by atoms with Crippen LogP contribution in [0.25, 0.3) is 11.0 Å². The Balaban J connectivity index is 2.21. The molecule has 0 saturated carbocycles. The Morgan fingerprint density at radius 1 is 1.44 bits per heavy atom. The van der Waals surface area contributed by atoms with Gasteiger partial charge in [0, 0.05) is 25.2 Å². The summed E-state index contributed by atoms with van der Waals surface area (Å²) in [6, 6.07) is 2.04. The van der Waals surface area contributed by atoms with Gasteiger partial charge in [-0.1, -0.05) is 13.8 Å². The van der Waals surface area contributed by atoms with Gasteiger partial charge in [-0.15, -0.1) is 0 Å². The van der Waals surface area contributed by atoms with Crippen molar-refractivity contribution in [1.29, 1.82) is 0 Å². The first kappa shape index (κ1) is 11.7. The fourth-order valence-corrected chi connectivity index (χ4v) is 3.15. The molecular formula is C14H20N4. The highest BCUT2D eigenvalue weighted by atomic mass is 15.1. The van der Waals surface area contributed by atoms with Gasteiger partial charge in [-0.05, 0) is 24.9 Å². The predicted octanol–water partition coefficient (Wildman–Crippen LogP) is 1.86. The molecule has 96 valence electrons. The molecule has 1 aliphatic heterocycles. The Kier molecular flexibility index (Phi) is 2.63. The summed E-state index contributed by atoms with van der Waals surface area (Å²) < 4.78 is 2.24. The van der Waals surface area contributed by atoms with Gasteiger partial charge in [0.05, 0.1) is 11.7 Å². The van der Waals surface area contributed by atoms with Gasteiger partial charge in [0.15, 0.2) is 0 Å². The maximum absolute atomic E-state index is 4.85. The van der Waals surface area contributed by atoms with E-state index in [0.29, 0.717) is 5.92 Å². The van der Waals surface area contributed by atoms with Crippen LogP contribution in [0.3, 0.4) is 0 Å². The van der Waals surface area contributed by atoms with Crippen molar-refractivity contribution in [3.05, 3.63) is 24.3 Å². The molecule has 3 rings (SSSR count). The normalized spacial score (nSPS) is 24.2. The lowest BCUT2D eigenvalue weighted by molar-refractivity contribution is 0.311. The highest BCUT2D eigenvalue weighted by molar-refractivity contribution is 5.74. The molecule has 4 nitrogen and oxygen atoms in total. The highest BCUT2D eigenvalue weighted by Gasteiger charge is 2.42. The molecule has 1 N–H and O–H groups in total. The molecule has 1 aliphatic rings. The maximum Gasteiger partial charge on any atom is 0.117 e. The standard InChI is InChI=1S/C14H20N4/c1-10(2)14(5-7-16-9-14)13-17-11-8-15-6-4-12(11)18(13)3/h4,6,8,10,16H,5,7,9H2,1-3H3. The number of aromatic nitrogens is 3. The largest absolute Gasteiger partial charge is 0.331 e. The van der Waals surface area contributed by atoms with Crippen molar-refractivity contribution in [2.24, 2.45) is 13.0 Å².